The van der Waals surface area contributed by atoms with Crippen LogP contribution in [0.4, 0.5) is 11.5 Å². The highest BCUT2D eigenvalue weighted by atomic mass is 32.2. The van der Waals surface area contributed by atoms with Crippen LogP contribution < -0.4 is 14.8 Å². The maximum Gasteiger partial charge on any atom is 0.185 e. The molecule has 0 atom stereocenters. The summed E-state index contributed by atoms with van der Waals surface area (Å²) in [5.41, 5.74) is 2.06. The molecule has 0 amide bonds. The van der Waals surface area contributed by atoms with E-state index >= 15 is 0 Å². The summed E-state index contributed by atoms with van der Waals surface area (Å²) in [5.74, 6) is 0.958. The monoisotopic (exact) mass is 460 g/mol. The van der Waals surface area contributed by atoms with Crippen LogP contribution in [0.25, 0.3) is 11.0 Å². The van der Waals surface area contributed by atoms with Crippen molar-refractivity contribution in [3.05, 3.63) is 78.0 Å². The molecule has 166 valence electrons. The zero-order valence-corrected chi connectivity index (χ0v) is 18.8. The fourth-order valence-corrected chi connectivity index (χ4v) is 4.79. The first-order valence-corrected chi connectivity index (χ1v) is 11.6. The predicted octanol–water partition coefficient (Wildman–Crippen LogP) is 4.24. The highest BCUT2D eigenvalue weighted by Crippen LogP contribution is 2.30. The van der Waals surface area contributed by atoms with Gasteiger partial charge in [-0.15, -0.1) is 0 Å². The molecule has 0 saturated heterocycles. The molecule has 8 nitrogen and oxygen atoms in total. The number of hydrogen-bond donors (Lipinski definition) is 1. The third kappa shape index (κ3) is 4.71. The molecule has 4 rings (SSSR count). The van der Waals surface area contributed by atoms with Crippen molar-refractivity contribution in [1.29, 1.82) is 5.26 Å². The topological polar surface area (TPSA) is 114 Å². The highest BCUT2D eigenvalue weighted by molar-refractivity contribution is 7.90. The summed E-state index contributed by atoms with van der Waals surface area (Å²) in [6.07, 6.45) is 0. The quantitative estimate of drug-likeness (QED) is 0.436. The molecule has 4 aromatic rings. The summed E-state index contributed by atoms with van der Waals surface area (Å²) in [4.78, 5) is 9.15. The summed E-state index contributed by atoms with van der Waals surface area (Å²) >= 11 is 0. The molecule has 1 N–H and O–H groups in total. The van der Waals surface area contributed by atoms with Gasteiger partial charge in [0.2, 0.25) is 0 Å². The zero-order chi connectivity index (χ0) is 23.4. The second kappa shape index (κ2) is 9.14. The lowest BCUT2D eigenvalue weighted by Crippen LogP contribution is -2.11. The average Bonchev–Trinajstić information content (AvgIpc) is 2.83. The van der Waals surface area contributed by atoms with Crippen molar-refractivity contribution in [1.82, 2.24) is 9.97 Å². The number of nitrogens with zero attached hydrogens (tertiary/aromatic N) is 3. The van der Waals surface area contributed by atoms with E-state index < -0.39 is 15.6 Å². The van der Waals surface area contributed by atoms with Gasteiger partial charge in [0.25, 0.3) is 0 Å². The number of nitriles is 1. The molecule has 0 aliphatic heterocycles. The molecule has 0 aliphatic carbocycles. The SMILES string of the molecule is COc1cc(Nc2nc3ccccc3nc2CS(=O)(=O)c2ccccc2C#N)cc(OC)c1. The van der Waals surface area contributed by atoms with Gasteiger partial charge >= 0.3 is 0 Å². The van der Waals surface area contributed by atoms with Gasteiger partial charge in [-0.25, -0.2) is 18.4 Å². The van der Waals surface area contributed by atoms with Crippen molar-refractivity contribution in [2.45, 2.75) is 10.6 Å². The van der Waals surface area contributed by atoms with E-state index in [4.69, 9.17) is 9.47 Å². The Morgan fingerprint density at radius 2 is 1.52 bits per heavy atom. The first-order valence-electron chi connectivity index (χ1n) is 9.91. The third-order valence-electron chi connectivity index (χ3n) is 4.93. The minimum absolute atomic E-state index is 0.0449. The molecule has 0 aliphatic rings. The van der Waals surface area contributed by atoms with E-state index in [9.17, 15) is 13.7 Å². The van der Waals surface area contributed by atoms with Gasteiger partial charge in [0.05, 0.1) is 41.4 Å². The molecular formula is C24H20N4O4S. The first-order chi connectivity index (χ1) is 15.9. The lowest BCUT2D eigenvalue weighted by Gasteiger charge is -2.14. The van der Waals surface area contributed by atoms with Gasteiger partial charge in [0.15, 0.2) is 15.7 Å². The number of methoxy groups -OCH3 is 2. The molecule has 0 spiro atoms. The Balaban J connectivity index is 1.81. The smallest absolute Gasteiger partial charge is 0.185 e. The predicted molar refractivity (Wildman–Crippen MR) is 124 cm³/mol. The largest absolute Gasteiger partial charge is 0.497 e. The van der Waals surface area contributed by atoms with E-state index in [2.05, 4.69) is 15.3 Å². The van der Waals surface area contributed by atoms with Crippen molar-refractivity contribution in [2.75, 3.05) is 19.5 Å². The van der Waals surface area contributed by atoms with E-state index in [-0.39, 0.29) is 22.0 Å². The van der Waals surface area contributed by atoms with Gasteiger partial charge in [-0.3, -0.25) is 0 Å². The Hall–Kier alpha value is -4.16. The van der Waals surface area contributed by atoms with E-state index in [1.165, 1.54) is 12.1 Å². The van der Waals surface area contributed by atoms with Crippen LogP contribution in [0.2, 0.25) is 0 Å². The molecule has 1 heterocycles. The van der Waals surface area contributed by atoms with E-state index in [1.807, 2.05) is 12.1 Å². The first kappa shape index (κ1) is 22.0. The number of anilines is 2. The molecule has 33 heavy (non-hydrogen) atoms. The Morgan fingerprint density at radius 3 is 2.15 bits per heavy atom. The number of hydrogen-bond acceptors (Lipinski definition) is 8. The fraction of sp³-hybridized carbons (Fsp3) is 0.125. The number of fused-ring (bicyclic) bond motifs is 1. The van der Waals surface area contributed by atoms with Crippen LogP contribution in [-0.2, 0) is 15.6 Å². The molecule has 0 unspecified atom stereocenters. The van der Waals surface area contributed by atoms with E-state index in [0.29, 0.717) is 28.2 Å². The zero-order valence-electron chi connectivity index (χ0n) is 17.9. The number of benzene rings is 3. The summed E-state index contributed by atoms with van der Waals surface area (Å²) in [5, 5.41) is 12.5. The highest BCUT2D eigenvalue weighted by Gasteiger charge is 2.23. The van der Waals surface area contributed by atoms with Gasteiger partial charge in [-0.05, 0) is 24.3 Å². The Bertz CT molecular complexity index is 1460. The van der Waals surface area contributed by atoms with Gasteiger partial charge < -0.3 is 14.8 Å². The van der Waals surface area contributed by atoms with Crippen molar-refractivity contribution >= 4 is 32.4 Å². The lowest BCUT2D eigenvalue weighted by atomic mass is 10.2. The number of rotatable bonds is 7. The number of sulfone groups is 1. The van der Waals surface area contributed by atoms with Crippen molar-refractivity contribution < 1.29 is 17.9 Å². The molecule has 0 radical (unpaired) electrons. The molecule has 3 aromatic carbocycles. The van der Waals surface area contributed by atoms with Crippen LogP contribution in [0, 0.1) is 11.3 Å². The number of aromatic nitrogens is 2. The summed E-state index contributed by atoms with van der Waals surface area (Å²) in [6.45, 7) is 0. The number of para-hydroxylation sites is 2. The van der Waals surface area contributed by atoms with E-state index in [1.54, 1.807) is 62.8 Å². The Labute approximate surface area is 191 Å². The maximum atomic E-state index is 13.2. The van der Waals surface area contributed by atoms with Crippen molar-refractivity contribution in [3.8, 4) is 17.6 Å². The van der Waals surface area contributed by atoms with Gasteiger partial charge in [0, 0.05) is 23.9 Å². The van der Waals surface area contributed by atoms with Crippen LogP contribution in [0.15, 0.2) is 71.6 Å². The fourth-order valence-electron chi connectivity index (χ4n) is 3.34. The minimum atomic E-state index is -3.88. The minimum Gasteiger partial charge on any atom is -0.497 e. The lowest BCUT2D eigenvalue weighted by molar-refractivity contribution is 0.395. The summed E-state index contributed by atoms with van der Waals surface area (Å²) < 4.78 is 37.1. The Kier molecular flexibility index (Phi) is 6.11. The van der Waals surface area contributed by atoms with Crippen LogP contribution in [0.1, 0.15) is 11.3 Å². The van der Waals surface area contributed by atoms with Gasteiger partial charge in [-0.1, -0.05) is 24.3 Å². The maximum absolute atomic E-state index is 13.2. The van der Waals surface area contributed by atoms with Crippen LogP contribution in [0.3, 0.4) is 0 Å². The molecule has 0 bridgehead atoms. The van der Waals surface area contributed by atoms with Gasteiger partial charge in [0.1, 0.15) is 23.3 Å². The second-order valence-corrected chi connectivity index (χ2v) is 9.06. The third-order valence-corrected chi connectivity index (χ3v) is 6.61. The summed E-state index contributed by atoms with van der Waals surface area (Å²) in [7, 11) is -0.798. The van der Waals surface area contributed by atoms with Gasteiger partial charge in [-0.2, -0.15) is 5.26 Å². The summed E-state index contributed by atoms with van der Waals surface area (Å²) in [6, 6.07) is 20.4. The van der Waals surface area contributed by atoms with Crippen molar-refractivity contribution in [3.63, 3.8) is 0 Å². The van der Waals surface area contributed by atoms with E-state index in [0.717, 1.165) is 0 Å². The van der Waals surface area contributed by atoms with Crippen LogP contribution in [-0.4, -0.2) is 32.6 Å². The normalized spacial score (nSPS) is 11.1. The van der Waals surface area contributed by atoms with Crippen LogP contribution in [0.5, 0.6) is 11.5 Å². The standard InChI is InChI=1S/C24H20N4O4S/c1-31-18-11-17(12-19(13-18)32-2)26-24-22(27-20-8-4-5-9-21(20)28-24)15-33(29,30)23-10-6-3-7-16(23)14-25/h3-13H,15H2,1-2H3,(H,26,28). The molecule has 1 aromatic heterocycles. The van der Waals surface area contributed by atoms with Crippen molar-refractivity contribution in [2.24, 2.45) is 0 Å². The van der Waals surface area contributed by atoms with Crippen LogP contribution >= 0.6 is 0 Å². The average molecular weight is 461 g/mol. The second-order valence-electron chi connectivity index (χ2n) is 7.10. The number of nitrogens with one attached hydrogen (secondary N) is 1. The molecule has 0 saturated carbocycles. The number of ether oxygens (including phenoxy) is 2. The molecular weight excluding hydrogens is 440 g/mol. The Morgan fingerprint density at radius 1 is 0.909 bits per heavy atom. The molecule has 0 fully saturated rings. The molecule has 9 heteroatoms.